The molecule has 2 heteroatoms. The molecule has 0 spiro atoms. The smallest absolute Gasteiger partial charge is 0.0541 e. The molecule has 0 aliphatic rings. The molecule has 0 amide bonds. The summed E-state index contributed by atoms with van der Waals surface area (Å²) in [5.74, 6) is 0. The van der Waals surface area contributed by atoms with Gasteiger partial charge in [-0.25, -0.2) is 0 Å². The van der Waals surface area contributed by atoms with Gasteiger partial charge in [-0.3, -0.25) is 0 Å². The first-order valence-electron chi connectivity index (χ1n) is 21.2. The van der Waals surface area contributed by atoms with Crippen molar-refractivity contribution in [3.05, 3.63) is 204 Å². The molecule has 292 valence electrons. The Balaban J connectivity index is 0.887. The molecule has 2 aromatic heterocycles. The number of fused-ring (bicyclic) bond motifs is 6. The van der Waals surface area contributed by atoms with Crippen LogP contribution in [0.3, 0.4) is 0 Å². The summed E-state index contributed by atoms with van der Waals surface area (Å²) in [6.07, 6.45) is 4.41. The first-order chi connectivity index (χ1) is 29.0. The van der Waals surface area contributed by atoms with Gasteiger partial charge in [0.2, 0.25) is 0 Å². The van der Waals surface area contributed by atoms with E-state index in [1.54, 1.807) is 0 Å². The van der Waals surface area contributed by atoms with Gasteiger partial charge in [0.05, 0.1) is 22.1 Å². The topological polar surface area (TPSA) is 9.86 Å². The van der Waals surface area contributed by atoms with Crippen molar-refractivity contribution in [3.63, 3.8) is 0 Å². The first kappa shape index (κ1) is 37.4. The summed E-state index contributed by atoms with van der Waals surface area (Å²) < 4.78 is 4.79. The number of para-hydroxylation sites is 2. The molecule has 0 unspecified atom stereocenters. The average Bonchev–Trinajstić information content (AvgIpc) is 3.78. The number of hydrogen-bond acceptors (Lipinski definition) is 0. The van der Waals surface area contributed by atoms with Crippen LogP contribution in [0.25, 0.3) is 89.4 Å². The SMILES string of the molecule is CC(C)(C)c1ccc(-n2c3ccccc3c3cc(-c4ccc(C=Cc5ccc(-c6ccc7c(c6)c6ccccc6n7-c6ccc(C(C)(C)C)cc6)cc5)cc4)ccc32)cc1. The van der Waals surface area contributed by atoms with Crippen molar-refractivity contribution in [1.82, 2.24) is 9.13 Å². The van der Waals surface area contributed by atoms with Crippen molar-refractivity contribution < 1.29 is 0 Å². The van der Waals surface area contributed by atoms with E-state index in [0.29, 0.717) is 0 Å². The Bertz CT molecular complexity index is 2990. The van der Waals surface area contributed by atoms with Crippen LogP contribution in [0.2, 0.25) is 0 Å². The Morgan fingerprint density at radius 3 is 1.02 bits per heavy atom. The molecule has 2 nitrogen and oxygen atoms in total. The molecule has 10 rings (SSSR count). The van der Waals surface area contributed by atoms with Gasteiger partial charge in [0, 0.05) is 32.9 Å². The van der Waals surface area contributed by atoms with Gasteiger partial charge < -0.3 is 9.13 Å². The predicted octanol–water partition coefficient (Wildman–Crippen LogP) is 16.0. The lowest BCUT2D eigenvalue weighted by Gasteiger charge is -2.19. The van der Waals surface area contributed by atoms with Gasteiger partial charge in [-0.1, -0.05) is 175 Å². The van der Waals surface area contributed by atoms with Crippen molar-refractivity contribution in [1.29, 1.82) is 0 Å². The van der Waals surface area contributed by atoms with Crippen LogP contribution < -0.4 is 0 Å². The van der Waals surface area contributed by atoms with Crippen molar-refractivity contribution in [3.8, 4) is 33.6 Å². The van der Waals surface area contributed by atoms with Crippen molar-refractivity contribution in [2.45, 2.75) is 52.4 Å². The Morgan fingerprint density at radius 1 is 0.317 bits per heavy atom. The van der Waals surface area contributed by atoms with E-state index in [4.69, 9.17) is 0 Å². The zero-order chi connectivity index (χ0) is 41.2. The maximum atomic E-state index is 2.40. The number of benzene rings is 8. The van der Waals surface area contributed by atoms with Crippen LogP contribution in [0.1, 0.15) is 63.8 Å². The lowest BCUT2D eigenvalue weighted by Crippen LogP contribution is -2.10. The molecule has 8 aromatic carbocycles. The summed E-state index contributed by atoms with van der Waals surface area (Å²) in [7, 11) is 0. The summed E-state index contributed by atoms with van der Waals surface area (Å²) in [5, 5.41) is 5.07. The minimum Gasteiger partial charge on any atom is -0.309 e. The third kappa shape index (κ3) is 6.73. The Morgan fingerprint density at radius 2 is 0.650 bits per heavy atom. The second kappa shape index (κ2) is 14.4. The normalized spacial score (nSPS) is 12.4. The summed E-state index contributed by atoms with van der Waals surface area (Å²) in [4.78, 5) is 0. The van der Waals surface area contributed by atoms with E-state index in [2.05, 4.69) is 245 Å². The highest BCUT2D eigenvalue weighted by Crippen LogP contribution is 2.38. The molecule has 0 aliphatic heterocycles. The summed E-state index contributed by atoms with van der Waals surface area (Å²) in [6.45, 7) is 13.6. The summed E-state index contributed by atoms with van der Waals surface area (Å²) in [6, 6.07) is 67.2. The average molecular weight is 775 g/mol. The van der Waals surface area contributed by atoms with Crippen LogP contribution in [-0.4, -0.2) is 9.13 Å². The highest BCUT2D eigenvalue weighted by Gasteiger charge is 2.18. The Kier molecular flexibility index (Phi) is 8.99. The van der Waals surface area contributed by atoms with E-state index < -0.39 is 0 Å². The minimum absolute atomic E-state index is 0.119. The molecule has 0 bridgehead atoms. The fourth-order valence-corrected chi connectivity index (χ4v) is 8.85. The lowest BCUT2D eigenvalue weighted by molar-refractivity contribution is 0.590. The van der Waals surface area contributed by atoms with Crippen LogP contribution >= 0.6 is 0 Å². The van der Waals surface area contributed by atoms with E-state index in [1.165, 1.54) is 99.5 Å². The fraction of sp³-hybridized carbons (Fsp3) is 0.138. The second-order valence-electron chi connectivity index (χ2n) is 18.3. The van der Waals surface area contributed by atoms with Crippen molar-refractivity contribution in [2.75, 3.05) is 0 Å². The number of rotatable bonds is 6. The molecule has 0 aliphatic carbocycles. The third-order valence-electron chi connectivity index (χ3n) is 12.3. The van der Waals surface area contributed by atoms with Crippen LogP contribution in [0, 0.1) is 0 Å². The standard InChI is InChI=1S/C58H50N2/c1-57(2,3)45-27-31-47(32-28-45)59-53-13-9-7-11-49(53)51-37-43(25-35-55(51)59)41-21-17-39(18-22-41)15-16-40-19-23-42(24-20-40)44-26-36-56-52(38-44)50-12-8-10-14-54(50)60(56)48-33-29-46(30-34-48)58(4,5)6/h7-38H,1-6H3. The van der Waals surface area contributed by atoms with E-state index in [-0.39, 0.29) is 10.8 Å². The van der Waals surface area contributed by atoms with Gasteiger partial charge in [0.15, 0.2) is 0 Å². The van der Waals surface area contributed by atoms with E-state index in [0.717, 1.165) is 0 Å². The molecule has 0 saturated carbocycles. The third-order valence-corrected chi connectivity index (χ3v) is 12.3. The first-order valence-corrected chi connectivity index (χ1v) is 21.2. The van der Waals surface area contributed by atoms with Gasteiger partial charge >= 0.3 is 0 Å². The predicted molar refractivity (Wildman–Crippen MR) is 259 cm³/mol. The molecule has 0 N–H and O–H groups in total. The zero-order valence-electron chi connectivity index (χ0n) is 35.4. The molecule has 60 heavy (non-hydrogen) atoms. The van der Waals surface area contributed by atoms with Gasteiger partial charge in [-0.15, -0.1) is 0 Å². The van der Waals surface area contributed by atoms with Crippen LogP contribution in [0.4, 0.5) is 0 Å². The van der Waals surface area contributed by atoms with Crippen LogP contribution in [0.5, 0.6) is 0 Å². The molecular weight excluding hydrogens is 725 g/mol. The highest BCUT2D eigenvalue weighted by molar-refractivity contribution is 6.11. The van der Waals surface area contributed by atoms with E-state index >= 15 is 0 Å². The van der Waals surface area contributed by atoms with E-state index in [1.807, 2.05) is 0 Å². The maximum Gasteiger partial charge on any atom is 0.0541 e. The van der Waals surface area contributed by atoms with Crippen molar-refractivity contribution in [2.24, 2.45) is 0 Å². The second-order valence-corrected chi connectivity index (χ2v) is 18.3. The number of nitrogens with zero attached hydrogens (tertiary/aromatic N) is 2. The molecule has 0 radical (unpaired) electrons. The molecule has 0 saturated heterocycles. The summed E-state index contributed by atoms with van der Waals surface area (Å²) >= 11 is 0. The maximum absolute atomic E-state index is 2.40. The number of aromatic nitrogens is 2. The molecule has 10 aromatic rings. The molecule has 0 fully saturated rings. The lowest BCUT2D eigenvalue weighted by atomic mass is 9.87. The highest BCUT2D eigenvalue weighted by atomic mass is 15.0. The largest absolute Gasteiger partial charge is 0.309 e. The van der Waals surface area contributed by atoms with Gasteiger partial charge in [-0.05, 0) is 116 Å². The molecular formula is C58H50N2. The monoisotopic (exact) mass is 774 g/mol. The van der Waals surface area contributed by atoms with Gasteiger partial charge in [-0.2, -0.15) is 0 Å². The van der Waals surface area contributed by atoms with Crippen LogP contribution in [0.15, 0.2) is 182 Å². The fourth-order valence-electron chi connectivity index (χ4n) is 8.85. The van der Waals surface area contributed by atoms with Crippen LogP contribution in [-0.2, 0) is 10.8 Å². The number of hydrogen-bond donors (Lipinski definition) is 0. The van der Waals surface area contributed by atoms with E-state index in [9.17, 15) is 0 Å². The van der Waals surface area contributed by atoms with Gasteiger partial charge in [0.1, 0.15) is 0 Å². The molecule has 0 atom stereocenters. The minimum atomic E-state index is 0.119. The quantitative estimate of drug-likeness (QED) is 0.149. The van der Waals surface area contributed by atoms with Gasteiger partial charge in [0.25, 0.3) is 0 Å². The summed E-state index contributed by atoms with van der Waals surface area (Å²) in [5.41, 5.74) is 17.4. The van der Waals surface area contributed by atoms with Crippen molar-refractivity contribution >= 4 is 55.8 Å². The Labute approximate surface area is 353 Å². The molecule has 2 heterocycles. The Hall–Kier alpha value is -6.90. The zero-order valence-corrected chi connectivity index (χ0v) is 35.4.